The number of rotatable bonds is 6. The summed E-state index contributed by atoms with van der Waals surface area (Å²) < 4.78 is 8.41. The van der Waals surface area contributed by atoms with Crippen LogP contribution in [0, 0.1) is 13.8 Å². The molecule has 2 atom stereocenters. The van der Waals surface area contributed by atoms with Crippen LogP contribution in [0.25, 0.3) is 34.4 Å². The molecule has 2 unspecified atom stereocenters. The molecule has 0 spiro atoms. The molecule has 4 aromatic rings. The summed E-state index contributed by atoms with van der Waals surface area (Å²) >= 11 is -3.94. The van der Waals surface area contributed by atoms with Crippen LogP contribution in [-0.4, -0.2) is 3.26 Å². The van der Waals surface area contributed by atoms with Crippen molar-refractivity contribution in [2.75, 3.05) is 0 Å². The molecule has 1 heteroatoms. The van der Waals surface area contributed by atoms with Gasteiger partial charge in [0.05, 0.1) is 0 Å². The van der Waals surface area contributed by atoms with Crippen molar-refractivity contribution in [1.29, 1.82) is 0 Å². The third-order valence-electron chi connectivity index (χ3n) is 10.5. The van der Waals surface area contributed by atoms with E-state index in [9.17, 15) is 0 Å². The molecule has 4 aromatic carbocycles. The Hall–Kier alpha value is -2.90. The van der Waals surface area contributed by atoms with E-state index >= 15 is 0 Å². The molecule has 202 valence electrons. The predicted octanol–water partition coefficient (Wildman–Crippen LogP) is 11.3. The molecule has 0 aliphatic heterocycles. The molecule has 0 nitrogen and oxygen atoms in total. The summed E-state index contributed by atoms with van der Waals surface area (Å²) in [5.41, 5.74) is 14.0. The molecule has 2 aliphatic carbocycles. The van der Waals surface area contributed by atoms with Crippen molar-refractivity contribution in [2.45, 2.75) is 57.2 Å². The molecule has 0 radical (unpaired) electrons. The number of aryl methyl sites for hydroxylation is 2. The summed E-state index contributed by atoms with van der Waals surface area (Å²) in [5, 5.41) is 0. The van der Waals surface area contributed by atoms with Crippen molar-refractivity contribution < 1.29 is 18.0 Å². The standard InChI is InChI=1S/2C16H13.C5H10.2CH3.Hf/c2*1-12-8-10-14(11-9-12)16-7-3-5-13-4-2-6-15(13)16;1-3-5-4-2;;;/h2*2-11H,1H3;3-4H2,1-2H3;2*1H3;. The number of benzene rings is 4. The van der Waals surface area contributed by atoms with Gasteiger partial charge in [0.1, 0.15) is 0 Å². The van der Waals surface area contributed by atoms with E-state index in [4.69, 9.17) is 0 Å². The summed E-state index contributed by atoms with van der Waals surface area (Å²) in [6.45, 7) is 9.15. The van der Waals surface area contributed by atoms with E-state index in [1.165, 1.54) is 57.3 Å². The second-order valence-electron chi connectivity index (χ2n) is 12.9. The summed E-state index contributed by atoms with van der Waals surface area (Å²) in [4.78, 5) is 0. The van der Waals surface area contributed by atoms with Gasteiger partial charge in [0, 0.05) is 0 Å². The normalized spacial score (nSPS) is 17.7. The van der Waals surface area contributed by atoms with Gasteiger partial charge in [0.25, 0.3) is 0 Å². The fraction of sp³-hybridized carbons (Fsp3) is 0.256. The molecule has 6 rings (SSSR count). The number of hydrogen-bond donors (Lipinski definition) is 0. The van der Waals surface area contributed by atoms with Gasteiger partial charge in [-0.3, -0.25) is 0 Å². The second kappa shape index (κ2) is 10.2. The van der Waals surface area contributed by atoms with Gasteiger partial charge in [-0.2, -0.15) is 0 Å². The van der Waals surface area contributed by atoms with Gasteiger partial charge in [-0.15, -0.1) is 0 Å². The van der Waals surface area contributed by atoms with Crippen LogP contribution in [0.2, 0.25) is 9.36 Å². The van der Waals surface area contributed by atoms with Gasteiger partial charge in [-0.25, -0.2) is 0 Å². The maximum absolute atomic E-state index is 3.94. The zero-order chi connectivity index (χ0) is 28.1. The predicted molar refractivity (Wildman–Crippen MR) is 174 cm³/mol. The minimum atomic E-state index is -3.94. The molecule has 0 bridgehead atoms. The Kier molecular flexibility index (Phi) is 6.94. The van der Waals surface area contributed by atoms with Crippen LogP contribution in [-0.2, 0) is 18.0 Å². The van der Waals surface area contributed by atoms with Crippen LogP contribution < -0.4 is 0 Å². The fourth-order valence-electron chi connectivity index (χ4n) is 8.19. The van der Waals surface area contributed by atoms with E-state index in [1.54, 1.807) is 11.1 Å². The topological polar surface area (TPSA) is 0 Å². The Bertz CT molecular complexity index is 1600. The third kappa shape index (κ3) is 4.16. The van der Waals surface area contributed by atoms with Crippen molar-refractivity contribution in [1.82, 2.24) is 0 Å². The molecule has 0 saturated carbocycles. The summed E-state index contributed by atoms with van der Waals surface area (Å²) in [6, 6.07) is 32.2. The Morgan fingerprint density at radius 1 is 0.575 bits per heavy atom. The molecular formula is C39H42Hf. The fourth-order valence-corrected chi connectivity index (χ4v) is 34.4. The van der Waals surface area contributed by atoms with Gasteiger partial charge in [-0.1, -0.05) is 0 Å². The van der Waals surface area contributed by atoms with Crippen molar-refractivity contribution in [3.05, 3.63) is 130 Å². The van der Waals surface area contributed by atoms with Crippen LogP contribution in [0.3, 0.4) is 0 Å². The molecule has 0 fully saturated rings. The van der Waals surface area contributed by atoms with Gasteiger partial charge in [-0.05, 0) is 0 Å². The van der Waals surface area contributed by atoms with Crippen LogP contribution in [0.15, 0.2) is 97.1 Å². The molecule has 40 heavy (non-hydrogen) atoms. The van der Waals surface area contributed by atoms with Crippen LogP contribution >= 0.6 is 0 Å². The second-order valence-corrected chi connectivity index (χ2v) is 38.7. The van der Waals surface area contributed by atoms with Gasteiger partial charge < -0.3 is 0 Å². The first-order valence-electron chi connectivity index (χ1n) is 15.1. The van der Waals surface area contributed by atoms with E-state index in [0.717, 1.165) is 0 Å². The van der Waals surface area contributed by atoms with Crippen molar-refractivity contribution in [3.8, 4) is 22.3 Å². The molecule has 0 heterocycles. The molecular weight excluding hydrogens is 647 g/mol. The maximum atomic E-state index is 2.78. The molecule has 0 N–H and O–H groups in total. The average molecular weight is 689 g/mol. The zero-order valence-corrected chi connectivity index (χ0v) is 28.6. The molecule has 0 saturated heterocycles. The monoisotopic (exact) mass is 690 g/mol. The van der Waals surface area contributed by atoms with Crippen molar-refractivity contribution >= 4 is 15.4 Å². The minimum absolute atomic E-state index is 0.496. The average Bonchev–Trinajstić information content (AvgIpc) is 3.61. The van der Waals surface area contributed by atoms with Crippen LogP contribution in [0.5, 0.6) is 0 Å². The first-order chi connectivity index (χ1) is 19.3. The van der Waals surface area contributed by atoms with Crippen molar-refractivity contribution in [3.63, 3.8) is 0 Å². The van der Waals surface area contributed by atoms with Crippen LogP contribution in [0.4, 0.5) is 0 Å². The number of allylic oxidation sites excluding steroid dienone is 2. The zero-order valence-electron chi connectivity index (χ0n) is 25.0. The quantitative estimate of drug-likeness (QED) is 0.177. The first-order valence-corrected chi connectivity index (χ1v) is 28.2. The number of hydrogen-bond acceptors (Lipinski definition) is 0. The Morgan fingerprint density at radius 3 is 1.35 bits per heavy atom. The Labute approximate surface area is 242 Å². The Balaban J connectivity index is 1.54. The van der Waals surface area contributed by atoms with Crippen molar-refractivity contribution in [2.24, 2.45) is 0 Å². The van der Waals surface area contributed by atoms with E-state index in [2.05, 4.69) is 146 Å². The van der Waals surface area contributed by atoms with Gasteiger partial charge >= 0.3 is 243 Å². The third-order valence-corrected chi connectivity index (χ3v) is 38.4. The molecule has 0 amide bonds. The van der Waals surface area contributed by atoms with E-state index < -0.39 is 18.0 Å². The molecule has 0 aromatic heterocycles. The summed E-state index contributed by atoms with van der Waals surface area (Å²) in [7, 11) is 0. The number of fused-ring (bicyclic) bond motifs is 2. The van der Waals surface area contributed by atoms with E-state index in [1.807, 2.05) is 3.26 Å². The van der Waals surface area contributed by atoms with Gasteiger partial charge in [0.2, 0.25) is 0 Å². The summed E-state index contributed by atoms with van der Waals surface area (Å²) in [5.74, 6) is 0. The summed E-state index contributed by atoms with van der Waals surface area (Å²) in [6.07, 6.45) is 12.5. The SMILES string of the molecule is CC[C](CC)=[Hf]([CH3])([CH3])([CH]1C=Cc2c(-c3ccc(C)cc3)cccc21)[CH]1C=Cc2c(-c3ccc(C)cc3)cccc21. The van der Waals surface area contributed by atoms with E-state index in [-0.39, 0.29) is 0 Å². The van der Waals surface area contributed by atoms with E-state index in [0.29, 0.717) is 7.35 Å². The Morgan fingerprint density at radius 2 is 0.975 bits per heavy atom. The first kappa shape index (κ1) is 27.3. The van der Waals surface area contributed by atoms with Crippen LogP contribution in [0.1, 0.15) is 67.4 Å². The van der Waals surface area contributed by atoms with Gasteiger partial charge in [0.15, 0.2) is 0 Å². The molecule has 2 aliphatic rings.